The summed E-state index contributed by atoms with van der Waals surface area (Å²) in [6.07, 6.45) is 0.615. The highest BCUT2D eigenvalue weighted by Gasteiger charge is 2.35. The van der Waals surface area contributed by atoms with Gasteiger partial charge in [-0.25, -0.2) is 4.39 Å². The second-order valence-corrected chi connectivity index (χ2v) is 3.68. The van der Waals surface area contributed by atoms with E-state index in [1.165, 1.54) is 0 Å². The van der Waals surface area contributed by atoms with Crippen LogP contribution in [-0.4, -0.2) is 13.1 Å². The van der Waals surface area contributed by atoms with Crippen LogP contribution in [0, 0.1) is 0 Å². The Bertz CT molecular complexity index is 226. The van der Waals surface area contributed by atoms with Gasteiger partial charge < -0.3 is 5.32 Å². The van der Waals surface area contributed by atoms with Crippen LogP contribution in [0.15, 0.2) is 16.8 Å². The van der Waals surface area contributed by atoms with Crippen molar-refractivity contribution in [3.63, 3.8) is 0 Å². The molecule has 1 atom stereocenters. The molecule has 0 bridgehead atoms. The van der Waals surface area contributed by atoms with Gasteiger partial charge in [0, 0.05) is 12.1 Å². The first-order chi connectivity index (χ1) is 5.31. The average Bonchev–Trinajstić information content (AvgIpc) is 2.55. The Morgan fingerprint density at radius 3 is 3.09 bits per heavy atom. The normalized spacial score (nSPS) is 31.0. The number of nitrogens with one attached hydrogen (secondary N) is 1. The first-order valence-electron chi connectivity index (χ1n) is 3.74. The summed E-state index contributed by atoms with van der Waals surface area (Å²) in [5, 5.41) is 6.85. The van der Waals surface area contributed by atoms with Crippen molar-refractivity contribution < 1.29 is 4.39 Å². The number of alkyl halides is 1. The van der Waals surface area contributed by atoms with Gasteiger partial charge in [-0.15, -0.1) is 0 Å². The highest BCUT2D eigenvalue weighted by Crippen LogP contribution is 2.33. The van der Waals surface area contributed by atoms with Gasteiger partial charge in [0.15, 0.2) is 0 Å². The molecule has 0 amide bonds. The third kappa shape index (κ3) is 1.19. The minimum atomic E-state index is -1.08. The Balaban J connectivity index is 2.27. The minimum absolute atomic E-state index is 0.476. The molecule has 0 saturated carbocycles. The minimum Gasteiger partial charge on any atom is -0.313 e. The lowest BCUT2D eigenvalue weighted by molar-refractivity contribution is 0.194. The molecule has 1 aliphatic heterocycles. The Morgan fingerprint density at radius 1 is 1.64 bits per heavy atom. The second kappa shape index (κ2) is 2.57. The predicted molar refractivity (Wildman–Crippen MR) is 44.6 cm³/mol. The van der Waals surface area contributed by atoms with E-state index in [2.05, 4.69) is 5.32 Å². The van der Waals surface area contributed by atoms with Gasteiger partial charge in [-0.2, -0.15) is 11.3 Å². The van der Waals surface area contributed by atoms with Crippen LogP contribution in [0.3, 0.4) is 0 Å². The van der Waals surface area contributed by atoms with E-state index in [0.29, 0.717) is 13.0 Å². The molecular weight excluding hydrogens is 161 g/mol. The fourth-order valence-electron chi connectivity index (χ4n) is 1.43. The summed E-state index contributed by atoms with van der Waals surface area (Å²) in [6, 6.07) is 1.87. The van der Waals surface area contributed by atoms with Crippen molar-refractivity contribution in [1.82, 2.24) is 5.32 Å². The van der Waals surface area contributed by atoms with E-state index < -0.39 is 5.67 Å². The van der Waals surface area contributed by atoms with E-state index in [1.54, 1.807) is 11.3 Å². The van der Waals surface area contributed by atoms with E-state index in [1.807, 2.05) is 16.8 Å². The first kappa shape index (κ1) is 7.25. The van der Waals surface area contributed by atoms with Gasteiger partial charge in [0.25, 0.3) is 0 Å². The Morgan fingerprint density at radius 2 is 2.55 bits per heavy atom. The fourth-order valence-corrected chi connectivity index (χ4v) is 2.17. The van der Waals surface area contributed by atoms with Crippen LogP contribution in [0.25, 0.3) is 0 Å². The molecule has 1 fully saturated rings. The van der Waals surface area contributed by atoms with Crippen LogP contribution in [0.2, 0.25) is 0 Å². The number of halogens is 1. The van der Waals surface area contributed by atoms with Crippen molar-refractivity contribution in [2.45, 2.75) is 12.1 Å². The van der Waals surface area contributed by atoms with Crippen molar-refractivity contribution in [3.05, 3.63) is 22.4 Å². The summed E-state index contributed by atoms with van der Waals surface area (Å²) < 4.78 is 13.8. The smallest absolute Gasteiger partial charge is 0.150 e. The molecule has 2 rings (SSSR count). The fraction of sp³-hybridized carbons (Fsp3) is 0.500. The van der Waals surface area contributed by atoms with E-state index in [4.69, 9.17) is 0 Å². The molecule has 0 aliphatic carbocycles. The second-order valence-electron chi connectivity index (χ2n) is 2.90. The predicted octanol–water partition coefficient (Wildman–Crippen LogP) is 1.91. The van der Waals surface area contributed by atoms with Crippen LogP contribution < -0.4 is 5.32 Å². The van der Waals surface area contributed by atoms with Gasteiger partial charge in [0.1, 0.15) is 5.67 Å². The van der Waals surface area contributed by atoms with Crippen LogP contribution in [0.5, 0.6) is 0 Å². The topological polar surface area (TPSA) is 12.0 Å². The first-order valence-corrected chi connectivity index (χ1v) is 4.68. The SMILES string of the molecule is FC1(c2ccsc2)CCNC1. The van der Waals surface area contributed by atoms with Crippen molar-refractivity contribution in [3.8, 4) is 0 Å². The van der Waals surface area contributed by atoms with Crippen molar-refractivity contribution >= 4 is 11.3 Å². The maximum absolute atomic E-state index is 13.8. The molecule has 3 heteroatoms. The van der Waals surface area contributed by atoms with E-state index in [9.17, 15) is 4.39 Å². The zero-order chi connectivity index (χ0) is 7.73. The summed E-state index contributed by atoms with van der Waals surface area (Å²) in [4.78, 5) is 0. The van der Waals surface area contributed by atoms with Gasteiger partial charge in [0.05, 0.1) is 0 Å². The van der Waals surface area contributed by atoms with Crippen LogP contribution in [0.1, 0.15) is 12.0 Å². The van der Waals surface area contributed by atoms with Gasteiger partial charge in [-0.05, 0) is 29.8 Å². The molecule has 1 aliphatic rings. The molecule has 1 N–H and O–H groups in total. The van der Waals surface area contributed by atoms with Gasteiger partial charge in [-0.1, -0.05) is 0 Å². The molecule has 1 aromatic rings. The third-order valence-corrected chi connectivity index (χ3v) is 2.83. The summed E-state index contributed by atoms with van der Waals surface area (Å²) in [7, 11) is 0. The standard InChI is InChI=1S/C8H10FNS/c9-8(2-3-10-6-8)7-1-4-11-5-7/h1,4-5,10H,2-3,6H2. The molecule has 0 spiro atoms. The molecule has 1 aromatic heterocycles. The highest BCUT2D eigenvalue weighted by atomic mass is 32.1. The molecule has 2 heterocycles. The van der Waals surface area contributed by atoms with Gasteiger partial charge in [0.2, 0.25) is 0 Å². The Kier molecular flexibility index (Phi) is 1.69. The number of hydrogen-bond acceptors (Lipinski definition) is 2. The molecule has 1 unspecified atom stereocenters. The van der Waals surface area contributed by atoms with E-state index in [-0.39, 0.29) is 0 Å². The number of thiophene rings is 1. The van der Waals surface area contributed by atoms with Gasteiger partial charge in [-0.3, -0.25) is 0 Å². The molecule has 11 heavy (non-hydrogen) atoms. The number of rotatable bonds is 1. The van der Waals surface area contributed by atoms with Crippen LogP contribution in [-0.2, 0) is 5.67 Å². The Labute approximate surface area is 69.2 Å². The molecule has 0 aromatic carbocycles. The lowest BCUT2D eigenvalue weighted by atomic mass is 9.98. The quantitative estimate of drug-likeness (QED) is 0.680. The third-order valence-electron chi connectivity index (χ3n) is 2.14. The van der Waals surface area contributed by atoms with Gasteiger partial charge >= 0.3 is 0 Å². The largest absolute Gasteiger partial charge is 0.313 e. The summed E-state index contributed by atoms with van der Waals surface area (Å²) in [6.45, 7) is 1.27. The number of hydrogen-bond donors (Lipinski definition) is 1. The zero-order valence-electron chi connectivity index (χ0n) is 6.14. The van der Waals surface area contributed by atoms with Crippen molar-refractivity contribution in [2.24, 2.45) is 0 Å². The lowest BCUT2D eigenvalue weighted by Crippen LogP contribution is -2.22. The van der Waals surface area contributed by atoms with E-state index in [0.717, 1.165) is 12.1 Å². The summed E-state index contributed by atoms with van der Waals surface area (Å²) >= 11 is 1.56. The van der Waals surface area contributed by atoms with Crippen molar-refractivity contribution in [2.75, 3.05) is 13.1 Å². The summed E-state index contributed by atoms with van der Waals surface area (Å²) in [5.74, 6) is 0. The molecule has 1 saturated heterocycles. The summed E-state index contributed by atoms with van der Waals surface area (Å²) in [5.41, 5.74) is -0.243. The van der Waals surface area contributed by atoms with Crippen LogP contribution >= 0.6 is 11.3 Å². The monoisotopic (exact) mass is 171 g/mol. The average molecular weight is 171 g/mol. The molecule has 1 nitrogen and oxygen atoms in total. The van der Waals surface area contributed by atoms with E-state index >= 15 is 0 Å². The maximum atomic E-state index is 13.8. The maximum Gasteiger partial charge on any atom is 0.150 e. The molecule has 0 radical (unpaired) electrons. The van der Waals surface area contributed by atoms with Crippen molar-refractivity contribution in [1.29, 1.82) is 0 Å². The van der Waals surface area contributed by atoms with Crippen LogP contribution in [0.4, 0.5) is 4.39 Å². The highest BCUT2D eigenvalue weighted by molar-refractivity contribution is 7.08. The molecule has 60 valence electrons. The molecular formula is C8H10FNS. The Hall–Kier alpha value is -0.410. The lowest BCUT2D eigenvalue weighted by Gasteiger charge is -2.15. The zero-order valence-corrected chi connectivity index (χ0v) is 6.96.